The van der Waals surface area contributed by atoms with Gasteiger partial charge < -0.3 is 5.73 Å². The lowest BCUT2D eigenvalue weighted by Gasteiger charge is -2.20. The van der Waals surface area contributed by atoms with Crippen LogP contribution < -0.4 is 10.0 Å². The van der Waals surface area contributed by atoms with Crippen LogP contribution in [0.5, 0.6) is 0 Å². The van der Waals surface area contributed by atoms with Gasteiger partial charge in [-0.2, -0.15) is 0 Å². The summed E-state index contributed by atoms with van der Waals surface area (Å²) in [6.07, 6.45) is 0.134. The molecule has 116 valence electrons. The first-order chi connectivity index (χ1) is 10.3. The lowest BCUT2D eigenvalue weighted by atomic mass is 10.1. The summed E-state index contributed by atoms with van der Waals surface area (Å²) in [5.41, 5.74) is 7.40. The number of carbonyl (C=O) groups is 1. The normalized spacial score (nSPS) is 11.2. The molecule has 2 aromatic rings. The van der Waals surface area contributed by atoms with E-state index in [1.54, 1.807) is 48.5 Å². The van der Waals surface area contributed by atoms with E-state index in [0.717, 1.165) is 11.1 Å². The number of aryl methyl sites for hydroxylation is 1. The first-order valence-corrected chi connectivity index (χ1v) is 8.17. The van der Waals surface area contributed by atoms with Crippen LogP contribution in [0.25, 0.3) is 0 Å². The molecule has 0 bridgehead atoms. The molecule has 1 amide bonds. The Labute approximate surface area is 130 Å². The van der Waals surface area contributed by atoms with Gasteiger partial charge in [-0.05, 0) is 36.8 Å². The predicted molar refractivity (Wildman–Crippen MR) is 86.1 cm³/mol. The number of hydrogen-bond acceptors (Lipinski definition) is 3. The molecule has 0 spiro atoms. The Bertz CT molecular complexity index is 766. The number of sulfonamides is 1. The Morgan fingerprint density at radius 1 is 1.05 bits per heavy atom. The molecule has 0 atom stereocenters. The Hall–Kier alpha value is -2.34. The van der Waals surface area contributed by atoms with Crippen LogP contribution in [0.15, 0.2) is 53.4 Å². The van der Waals surface area contributed by atoms with E-state index in [1.165, 1.54) is 11.4 Å². The molecule has 0 radical (unpaired) electrons. The van der Waals surface area contributed by atoms with Gasteiger partial charge in [0.05, 0.1) is 17.0 Å². The summed E-state index contributed by atoms with van der Waals surface area (Å²) in [6.45, 7) is 1.90. The Balaban J connectivity index is 2.28. The van der Waals surface area contributed by atoms with E-state index in [1.807, 2.05) is 6.92 Å². The molecule has 0 aromatic heterocycles. The summed E-state index contributed by atoms with van der Waals surface area (Å²) in [7, 11) is -2.10. The Kier molecular flexibility index (Phi) is 4.51. The monoisotopic (exact) mass is 318 g/mol. The van der Waals surface area contributed by atoms with Gasteiger partial charge in [0, 0.05) is 7.05 Å². The van der Waals surface area contributed by atoms with Gasteiger partial charge in [-0.15, -0.1) is 0 Å². The third-order valence-electron chi connectivity index (χ3n) is 3.36. The van der Waals surface area contributed by atoms with Crippen LogP contribution in [-0.4, -0.2) is 21.4 Å². The zero-order chi connectivity index (χ0) is 16.3. The van der Waals surface area contributed by atoms with Gasteiger partial charge in [-0.3, -0.25) is 9.10 Å². The van der Waals surface area contributed by atoms with E-state index < -0.39 is 15.9 Å². The Morgan fingerprint density at radius 3 is 2.09 bits per heavy atom. The number of primary amides is 1. The highest BCUT2D eigenvalue weighted by molar-refractivity contribution is 7.92. The van der Waals surface area contributed by atoms with Crippen LogP contribution >= 0.6 is 0 Å². The summed E-state index contributed by atoms with van der Waals surface area (Å²) in [6, 6.07) is 13.4. The van der Waals surface area contributed by atoms with Gasteiger partial charge in [0.2, 0.25) is 5.91 Å². The topological polar surface area (TPSA) is 80.5 Å². The van der Waals surface area contributed by atoms with Crippen molar-refractivity contribution in [3.8, 4) is 0 Å². The number of benzene rings is 2. The van der Waals surface area contributed by atoms with Crippen molar-refractivity contribution in [1.82, 2.24) is 0 Å². The summed E-state index contributed by atoms with van der Waals surface area (Å²) in [5, 5.41) is 0. The molecule has 2 aromatic carbocycles. The maximum atomic E-state index is 12.6. The van der Waals surface area contributed by atoms with Gasteiger partial charge in [0.1, 0.15) is 0 Å². The summed E-state index contributed by atoms with van der Waals surface area (Å²) in [5.74, 6) is -0.423. The van der Waals surface area contributed by atoms with Crippen molar-refractivity contribution < 1.29 is 13.2 Å². The van der Waals surface area contributed by atoms with Crippen molar-refractivity contribution in [1.29, 1.82) is 0 Å². The number of nitrogens with zero attached hydrogens (tertiary/aromatic N) is 1. The van der Waals surface area contributed by atoms with Gasteiger partial charge in [-0.1, -0.05) is 29.8 Å². The van der Waals surface area contributed by atoms with E-state index in [9.17, 15) is 13.2 Å². The summed E-state index contributed by atoms with van der Waals surface area (Å²) >= 11 is 0. The minimum Gasteiger partial charge on any atom is -0.369 e. The number of rotatable bonds is 5. The van der Waals surface area contributed by atoms with E-state index in [0.29, 0.717) is 5.69 Å². The maximum Gasteiger partial charge on any atom is 0.264 e. The molecule has 6 heteroatoms. The predicted octanol–water partition coefficient (Wildman–Crippen LogP) is 1.85. The largest absolute Gasteiger partial charge is 0.369 e. The Morgan fingerprint density at radius 2 is 1.59 bits per heavy atom. The van der Waals surface area contributed by atoms with E-state index in [4.69, 9.17) is 5.73 Å². The third kappa shape index (κ3) is 3.46. The van der Waals surface area contributed by atoms with Crippen LogP contribution in [0, 0.1) is 6.92 Å². The third-order valence-corrected chi connectivity index (χ3v) is 5.16. The molecule has 0 aliphatic heterocycles. The second-order valence-corrected chi connectivity index (χ2v) is 7.06. The van der Waals surface area contributed by atoms with Crippen molar-refractivity contribution in [2.24, 2.45) is 5.73 Å². The lowest BCUT2D eigenvalue weighted by Crippen LogP contribution is -2.26. The molecule has 2 N–H and O–H groups in total. The van der Waals surface area contributed by atoms with Crippen molar-refractivity contribution in [2.45, 2.75) is 18.2 Å². The molecule has 5 nitrogen and oxygen atoms in total. The second-order valence-electron chi connectivity index (χ2n) is 5.10. The average molecular weight is 318 g/mol. The molecule has 0 aliphatic carbocycles. The molecule has 2 rings (SSSR count). The average Bonchev–Trinajstić information content (AvgIpc) is 2.47. The smallest absolute Gasteiger partial charge is 0.264 e. The molecule has 0 unspecified atom stereocenters. The minimum atomic E-state index is -3.60. The van der Waals surface area contributed by atoms with E-state index in [2.05, 4.69) is 0 Å². The fraction of sp³-hybridized carbons (Fsp3) is 0.188. The van der Waals surface area contributed by atoms with Crippen molar-refractivity contribution in [3.05, 3.63) is 59.7 Å². The molecule has 0 saturated carbocycles. The molecule has 0 aliphatic rings. The number of nitrogens with two attached hydrogens (primary N) is 1. The van der Waals surface area contributed by atoms with Gasteiger partial charge in [0.25, 0.3) is 10.0 Å². The molecule has 22 heavy (non-hydrogen) atoms. The molecule has 0 fully saturated rings. The standard InChI is InChI=1S/C16H18N2O3S/c1-12-3-9-15(10-4-12)22(20,21)18(2)14-7-5-13(6-8-14)11-16(17)19/h3-10H,11H2,1-2H3,(H2,17,19). The number of amides is 1. The van der Waals surface area contributed by atoms with Crippen LogP contribution in [-0.2, 0) is 21.2 Å². The van der Waals surface area contributed by atoms with Gasteiger partial charge in [0.15, 0.2) is 0 Å². The van der Waals surface area contributed by atoms with Crippen molar-refractivity contribution >= 4 is 21.6 Å². The van der Waals surface area contributed by atoms with Crippen LogP contribution in [0.4, 0.5) is 5.69 Å². The second kappa shape index (κ2) is 6.19. The SMILES string of the molecule is Cc1ccc(S(=O)(=O)N(C)c2ccc(CC(N)=O)cc2)cc1. The number of carbonyl (C=O) groups excluding carboxylic acids is 1. The molecule has 0 saturated heterocycles. The zero-order valence-electron chi connectivity index (χ0n) is 12.5. The maximum absolute atomic E-state index is 12.6. The highest BCUT2D eigenvalue weighted by Crippen LogP contribution is 2.22. The lowest BCUT2D eigenvalue weighted by molar-refractivity contribution is -0.117. The van der Waals surface area contributed by atoms with Crippen molar-refractivity contribution in [3.63, 3.8) is 0 Å². The van der Waals surface area contributed by atoms with Gasteiger partial charge in [-0.25, -0.2) is 8.42 Å². The highest BCUT2D eigenvalue weighted by atomic mass is 32.2. The van der Waals surface area contributed by atoms with Crippen LogP contribution in [0.1, 0.15) is 11.1 Å². The summed E-state index contributed by atoms with van der Waals surface area (Å²) in [4.78, 5) is 11.1. The van der Waals surface area contributed by atoms with Crippen LogP contribution in [0.2, 0.25) is 0 Å². The van der Waals surface area contributed by atoms with Gasteiger partial charge >= 0.3 is 0 Å². The van der Waals surface area contributed by atoms with Crippen molar-refractivity contribution in [2.75, 3.05) is 11.4 Å². The summed E-state index contributed by atoms with van der Waals surface area (Å²) < 4.78 is 26.3. The molecule has 0 heterocycles. The first-order valence-electron chi connectivity index (χ1n) is 6.73. The fourth-order valence-corrected chi connectivity index (χ4v) is 3.23. The quantitative estimate of drug-likeness (QED) is 0.913. The number of hydrogen-bond donors (Lipinski definition) is 1. The molecular weight excluding hydrogens is 300 g/mol. The molecular formula is C16H18N2O3S. The first kappa shape index (κ1) is 16.0. The minimum absolute atomic E-state index is 0.134. The fourth-order valence-electron chi connectivity index (χ4n) is 2.03. The van der Waals surface area contributed by atoms with Crippen LogP contribution in [0.3, 0.4) is 0 Å². The highest BCUT2D eigenvalue weighted by Gasteiger charge is 2.20. The van der Waals surface area contributed by atoms with E-state index in [-0.39, 0.29) is 11.3 Å². The zero-order valence-corrected chi connectivity index (χ0v) is 13.3. The van der Waals surface area contributed by atoms with E-state index >= 15 is 0 Å². The number of anilines is 1.